The van der Waals surface area contributed by atoms with Gasteiger partial charge >= 0.3 is 5.51 Å². The third kappa shape index (κ3) is 5.50. The minimum atomic E-state index is -4.28. The summed E-state index contributed by atoms with van der Waals surface area (Å²) in [5.41, 5.74) is -3.52. The fourth-order valence-electron chi connectivity index (χ4n) is 2.27. The number of aliphatic hydroxyl groups excluding tert-OH is 1. The number of aliphatic hydroxyl groups is 1. The Labute approximate surface area is 125 Å². The quantitative estimate of drug-likeness (QED) is 0.790. The lowest BCUT2D eigenvalue weighted by molar-refractivity contribution is -0.0328. The predicted octanol–water partition coefficient (Wildman–Crippen LogP) is 3.10. The molecule has 1 saturated heterocycles. The Balaban J connectivity index is 1.91. The second-order valence-corrected chi connectivity index (χ2v) is 6.03. The Kier molecular flexibility index (Phi) is 5.92. The maximum Gasteiger partial charge on any atom is 0.446 e. The maximum atomic E-state index is 12.3. The molecule has 1 aromatic rings. The second kappa shape index (κ2) is 7.49. The SMILES string of the molecule is OCC(NCC1CCCO1)c1ccc(SC(F)(F)F)cc1. The van der Waals surface area contributed by atoms with Crippen molar-refractivity contribution in [3.8, 4) is 0 Å². The summed E-state index contributed by atoms with van der Waals surface area (Å²) in [4.78, 5) is 0.141. The number of halogens is 3. The highest BCUT2D eigenvalue weighted by Gasteiger charge is 2.29. The van der Waals surface area contributed by atoms with Crippen LogP contribution in [0.5, 0.6) is 0 Å². The average Bonchev–Trinajstić information content (AvgIpc) is 2.92. The monoisotopic (exact) mass is 321 g/mol. The van der Waals surface area contributed by atoms with Crippen LogP contribution in [0, 0.1) is 0 Å². The maximum absolute atomic E-state index is 12.3. The summed E-state index contributed by atoms with van der Waals surface area (Å²) in [6.45, 7) is 1.28. The van der Waals surface area contributed by atoms with Gasteiger partial charge in [-0.15, -0.1) is 0 Å². The molecule has 2 N–H and O–H groups in total. The lowest BCUT2D eigenvalue weighted by Crippen LogP contribution is -2.31. The zero-order chi connectivity index (χ0) is 15.3. The van der Waals surface area contributed by atoms with Gasteiger partial charge in [0.2, 0.25) is 0 Å². The minimum Gasteiger partial charge on any atom is -0.394 e. The van der Waals surface area contributed by atoms with Crippen molar-refractivity contribution in [3.63, 3.8) is 0 Å². The highest BCUT2D eigenvalue weighted by atomic mass is 32.2. The molecule has 1 aliphatic rings. The van der Waals surface area contributed by atoms with E-state index >= 15 is 0 Å². The molecule has 118 valence electrons. The van der Waals surface area contributed by atoms with Crippen LogP contribution in [0.25, 0.3) is 0 Å². The van der Waals surface area contributed by atoms with E-state index in [2.05, 4.69) is 5.32 Å². The van der Waals surface area contributed by atoms with Gasteiger partial charge in [-0.2, -0.15) is 13.2 Å². The molecule has 0 aliphatic carbocycles. The van der Waals surface area contributed by atoms with Crippen LogP contribution in [0.4, 0.5) is 13.2 Å². The van der Waals surface area contributed by atoms with Gasteiger partial charge < -0.3 is 15.2 Å². The Morgan fingerprint density at radius 1 is 1.33 bits per heavy atom. The van der Waals surface area contributed by atoms with E-state index < -0.39 is 5.51 Å². The normalized spacial score (nSPS) is 20.7. The van der Waals surface area contributed by atoms with E-state index in [0.717, 1.165) is 25.0 Å². The number of nitrogens with one attached hydrogen (secondary N) is 1. The Bertz CT molecular complexity index is 433. The average molecular weight is 321 g/mol. The van der Waals surface area contributed by atoms with Crippen molar-refractivity contribution in [1.29, 1.82) is 0 Å². The van der Waals surface area contributed by atoms with Crippen LogP contribution < -0.4 is 5.32 Å². The molecule has 0 amide bonds. The van der Waals surface area contributed by atoms with Crippen LogP contribution >= 0.6 is 11.8 Å². The highest BCUT2D eigenvalue weighted by molar-refractivity contribution is 8.00. The molecule has 3 nitrogen and oxygen atoms in total. The van der Waals surface area contributed by atoms with Gasteiger partial charge in [-0.25, -0.2) is 0 Å². The van der Waals surface area contributed by atoms with Gasteiger partial charge in [-0.05, 0) is 42.3 Å². The smallest absolute Gasteiger partial charge is 0.394 e. The first kappa shape index (κ1) is 16.6. The molecule has 0 radical (unpaired) electrons. The lowest BCUT2D eigenvalue weighted by atomic mass is 10.1. The highest BCUT2D eigenvalue weighted by Crippen LogP contribution is 2.37. The van der Waals surface area contributed by atoms with Gasteiger partial charge in [0.1, 0.15) is 0 Å². The standard InChI is InChI=1S/C14H18F3NO2S/c15-14(16,17)21-12-5-3-10(4-6-12)13(9-19)18-8-11-2-1-7-20-11/h3-6,11,13,18-19H,1-2,7-9H2. The molecule has 1 aliphatic heterocycles. The Hall–Kier alpha value is -0.760. The summed E-state index contributed by atoms with van der Waals surface area (Å²) in [6.07, 6.45) is 2.19. The summed E-state index contributed by atoms with van der Waals surface area (Å²) in [7, 11) is 0. The number of benzene rings is 1. The molecular formula is C14H18F3NO2S. The molecule has 2 atom stereocenters. The van der Waals surface area contributed by atoms with E-state index in [4.69, 9.17) is 4.74 Å². The van der Waals surface area contributed by atoms with Crippen molar-refractivity contribution < 1.29 is 23.0 Å². The molecule has 0 spiro atoms. The number of alkyl halides is 3. The number of rotatable bonds is 6. The number of hydrogen-bond donors (Lipinski definition) is 2. The Morgan fingerprint density at radius 3 is 2.57 bits per heavy atom. The van der Waals surface area contributed by atoms with Crippen molar-refractivity contribution in [1.82, 2.24) is 5.32 Å². The van der Waals surface area contributed by atoms with Crippen molar-refractivity contribution >= 4 is 11.8 Å². The van der Waals surface area contributed by atoms with Crippen LogP contribution in [-0.4, -0.2) is 36.5 Å². The lowest BCUT2D eigenvalue weighted by Gasteiger charge is -2.19. The van der Waals surface area contributed by atoms with Crippen LogP contribution in [0.1, 0.15) is 24.4 Å². The van der Waals surface area contributed by atoms with Gasteiger partial charge in [0.25, 0.3) is 0 Å². The van der Waals surface area contributed by atoms with Gasteiger partial charge in [0, 0.05) is 18.0 Å². The van der Waals surface area contributed by atoms with Crippen molar-refractivity contribution in [2.75, 3.05) is 19.8 Å². The third-order valence-electron chi connectivity index (χ3n) is 3.31. The molecule has 1 aromatic carbocycles. The molecule has 2 unspecified atom stereocenters. The minimum absolute atomic E-state index is 0.113. The van der Waals surface area contributed by atoms with Gasteiger partial charge in [0.15, 0.2) is 0 Å². The van der Waals surface area contributed by atoms with Crippen LogP contribution in [0.15, 0.2) is 29.2 Å². The van der Waals surface area contributed by atoms with Crippen molar-refractivity contribution in [3.05, 3.63) is 29.8 Å². The van der Waals surface area contributed by atoms with E-state index in [1.807, 2.05) is 0 Å². The van der Waals surface area contributed by atoms with E-state index in [0.29, 0.717) is 6.54 Å². The molecule has 21 heavy (non-hydrogen) atoms. The second-order valence-electron chi connectivity index (χ2n) is 4.90. The third-order valence-corrected chi connectivity index (χ3v) is 4.05. The Morgan fingerprint density at radius 2 is 2.05 bits per heavy atom. The molecule has 1 fully saturated rings. The van der Waals surface area contributed by atoms with Gasteiger partial charge in [0.05, 0.1) is 18.8 Å². The molecule has 2 rings (SSSR count). The number of hydrogen-bond acceptors (Lipinski definition) is 4. The van der Waals surface area contributed by atoms with E-state index in [-0.39, 0.29) is 35.4 Å². The largest absolute Gasteiger partial charge is 0.446 e. The van der Waals surface area contributed by atoms with E-state index in [1.54, 1.807) is 12.1 Å². The molecule has 0 bridgehead atoms. The summed E-state index contributed by atoms with van der Waals surface area (Å²) < 4.78 is 42.3. The summed E-state index contributed by atoms with van der Waals surface area (Å²) in [5.74, 6) is 0. The van der Waals surface area contributed by atoms with Crippen LogP contribution in [-0.2, 0) is 4.74 Å². The first-order valence-corrected chi connectivity index (χ1v) is 7.61. The van der Waals surface area contributed by atoms with Gasteiger partial charge in [-0.1, -0.05) is 12.1 Å². The molecule has 0 aromatic heterocycles. The zero-order valence-corrected chi connectivity index (χ0v) is 12.2. The zero-order valence-electron chi connectivity index (χ0n) is 11.4. The topological polar surface area (TPSA) is 41.5 Å². The van der Waals surface area contributed by atoms with Crippen molar-refractivity contribution in [2.24, 2.45) is 0 Å². The molecule has 7 heteroatoms. The fourth-order valence-corrected chi connectivity index (χ4v) is 2.81. The van der Waals surface area contributed by atoms with Crippen LogP contribution in [0.3, 0.4) is 0 Å². The van der Waals surface area contributed by atoms with Crippen LogP contribution in [0.2, 0.25) is 0 Å². The number of thioether (sulfide) groups is 1. The molecule has 0 saturated carbocycles. The fraction of sp³-hybridized carbons (Fsp3) is 0.571. The van der Waals surface area contributed by atoms with Crippen molar-refractivity contribution in [2.45, 2.75) is 35.4 Å². The number of ether oxygens (including phenoxy) is 1. The summed E-state index contributed by atoms with van der Waals surface area (Å²) >= 11 is -0.140. The van der Waals surface area contributed by atoms with E-state index in [9.17, 15) is 18.3 Å². The van der Waals surface area contributed by atoms with E-state index in [1.165, 1.54) is 12.1 Å². The first-order valence-electron chi connectivity index (χ1n) is 6.79. The summed E-state index contributed by atoms with van der Waals surface area (Å²) in [6, 6.07) is 5.77. The van der Waals surface area contributed by atoms with Gasteiger partial charge in [-0.3, -0.25) is 0 Å². The molecular weight excluding hydrogens is 303 g/mol. The predicted molar refractivity (Wildman–Crippen MR) is 75.2 cm³/mol. The molecule has 1 heterocycles. The summed E-state index contributed by atoms with van der Waals surface area (Å²) in [5, 5.41) is 12.6. The first-order chi connectivity index (χ1) is 9.98.